The molecule has 3 atom stereocenters. The molecular weight excluding hydrogens is 238 g/mol. The Morgan fingerprint density at radius 2 is 1.95 bits per heavy atom. The van der Waals surface area contributed by atoms with E-state index >= 15 is 0 Å². The van der Waals surface area contributed by atoms with Crippen LogP contribution in [0.2, 0.25) is 0 Å². The molecule has 0 amide bonds. The van der Waals surface area contributed by atoms with E-state index in [9.17, 15) is 4.79 Å². The summed E-state index contributed by atoms with van der Waals surface area (Å²) in [7, 11) is 2.41. The maximum absolute atomic E-state index is 11.7. The van der Waals surface area contributed by atoms with E-state index in [0.29, 0.717) is 24.9 Å². The molecule has 110 valence electrons. The lowest BCUT2D eigenvalue weighted by molar-refractivity contribution is -0.947. The van der Waals surface area contributed by atoms with Crippen LogP contribution in [-0.4, -0.2) is 43.2 Å². The van der Waals surface area contributed by atoms with E-state index in [4.69, 9.17) is 4.74 Å². The third kappa shape index (κ3) is 3.71. The monoisotopic (exact) mass is 268 g/mol. The third-order valence-corrected chi connectivity index (χ3v) is 5.04. The van der Waals surface area contributed by atoms with Crippen LogP contribution in [0.5, 0.6) is 0 Å². The molecule has 0 aromatic carbocycles. The number of esters is 1. The van der Waals surface area contributed by atoms with Gasteiger partial charge in [-0.1, -0.05) is 13.8 Å². The highest BCUT2D eigenvalue weighted by Crippen LogP contribution is 2.36. The van der Waals surface area contributed by atoms with Crippen LogP contribution in [-0.2, 0) is 9.53 Å². The lowest BCUT2D eigenvalue weighted by Crippen LogP contribution is -2.61. The van der Waals surface area contributed by atoms with Gasteiger partial charge in [-0.25, -0.2) is 0 Å². The Morgan fingerprint density at radius 3 is 2.68 bits per heavy atom. The predicted molar refractivity (Wildman–Crippen MR) is 76.7 cm³/mol. The Morgan fingerprint density at radius 1 is 1.21 bits per heavy atom. The molecule has 0 aliphatic carbocycles. The van der Waals surface area contributed by atoms with Crippen LogP contribution in [0.15, 0.2) is 0 Å². The standard InChI is InChI=1S/C16H30NO2/c1-13(2)11-16(18)19-12-14-7-6-10-17(3)9-5-4-8-15(14)17/h13-15H,4-12H2,1-3H3/q+1/t14-,15+,17-/m0/s1. The molecule has 2 heterocycles. The number of quaternary nitrogens is 1. The van der Waals surface area contributed by atoms with E-state index in [-0.39, 0.29) is 5.97 Å². The van der Waals surface area contributed by atoms with Crippen molar-refractivity contribution in [3.8, 4) is 0 Å². The second-order valence-corrected chi connectivity index (χ2v) is 7.17. The van der Waals surface area contributed by atoms with E-state index in [1.165, 1.54) is 49.7 Å². The number of hydrogen-bond acceptors (Lipinski definition) is 2. The first-order valence-corrected chi connectivity index (χ1v) is 8.01. The maximum atomic E-state index is 11.7. The Balaban J connectivity index is 1.87. The van der Waals surface area contributed by atoms with Gasteiger partial charge in [0.15, 0.2) is 0 Å². The van der Waals surface area contributed by atoms with E-state index in [1.54, 1.807) is 0 Å². The number of nitrogens with zero attached hydrogens (tertiary/aromatic N) is 1. The minimum absolute atomic E-state index is 0.00872. The topological polar surface area (TPSA) is 26.3 Å². The summed E-state index contributed by atoms with van der Waals surface area (Å²) in [6.07, 6.45) is 7.14. The van der Waals surface area contributed by atoms with Gasteiger partial charge in [0.1, 0.15) is 0 Å². The molecule has 0 saturated carbocycles. The number of ether oxygens (including phenoxy) is 1. The van der Waals surface area contributed by atoms with E-state index in [1.807, 2.05) is 0 Å². The highest BCUT2D eigenvalue weighted by molar-refractivity contribution is 5.69. The molecule has 2 aliphatic heterocycles. The van der Waals surface area contributed by atoms with Gasteiger partial charge >= 0.3 is 5.97 Å². The number of hydrogen-bond donors (Lipinski definition) is 0. The van der Waals surface area contributed by atoms with Gasteiger partial charge in [0.2, 0.25) is 0 Å². The number of rotatable bonds is 4. The summed E-state index contributed by atoms with van der Waals surface area (Å²) in [6.45, 7) is 7.43. The van der Waals surface area contributed by atoms with Gasteiger partial charge in [-0.3, -0.25) is 4.79 Å². The van der Waals surface area contributed by atoms with Gasteiger partial charge in [-0.2, -0.15) is 0 Å². The molecule has 3 nitrogen and oxygen atoms in total. The van der Waals surface area contributed by atoms with Crippen molar-refractivity contribution in [2.24, 2.45) is 11.8 Å². The fourth-order valence-corrected chi connectivity index (χ4v) is 4.02. The smallest absolute Gasteiger partial charge is 0.306 e. The highest BCUT2D eigenvalue weighted by atomic mass is 16.5. The van der Waals surface area contributed by atoms with Crippen molar-refractivity contribution in [3.63, 3.8) is 0 Å². The fraction of sp³-hybridized carbons (Fsp3) is 0.938. The van der Waals surface area contributed by atoms with Crippen molar-refractivity contribution in [1.29, 1.82) is 0 Å². The van der Waals surface area contributed by atoms with Gasteiger partial charge < -0.3 is 9.22 Å². The molecule has 2 aliphatic rings. The molecule has 0 unspecified atom stereocenters. The number of carbonyl (C=O) groups excluding carboxylic acids is 1. The van der Waals surface area contributed by atoms with Crippen LogP contribution in [0, 0.1) is 11.8 Å². The summed E-state index contributed by atoms with van der Waals surface area (Å²) < 4.78 is 6.77. The first-order chi connectivity index (χ1) is 9.01. The van der Waals surface area contributed by atoms with Crippen LogP contribution in [0.3, 0.4) is 0 Å². The largest absolute Gasteiger partial charge is 0.465 e. The average molecular weight is 268 g/mol. The minimum Gasteiger partial charge on any atom is -0.465 e. The molecule has 2 saturated heterocycles. The lowest BCUT2D eigenvalue weighted by Gasteiger charge is -2.51. The van der Waals surface area contributed by atoms with Crippen LogP contribution >= 0.6 is 0 Å². The van der Waals surface area contributed by atoms with E-state index in [0.717, 1.165) is 6.04 Å². The van der Waals surface area contributed by atoms with Crippen molar-refractivity contribution < 1.29 is 14.0 Å². The Bertz CT molecular complexity index is 312. The predicted octanol–water partition coefficient (Wildman–Crippen LogP) is 2.98. The van der Waals surface area contributed by atoms with Crippen molar-refractivity contribution in [1.82, 2.24) is 0 Å². The summed E-state index contributed by atoms with van der Waals surface area (Å²) in [6, 6.07) is 0.731. The van der Waals surface area contributed by atoms with Gasteiger partial charge in [-0.15, -0.1) is 0 Å². The molecule has 2 rings (SSSR count). The zero-order valence-corrected chi connectivity index (χ0v) is 12.9. The average Bonchev–Trinajstić information content (AvgIpc) is 2.34. The summed E-state index contributed by atoms with van der Waals surface area (Å²) in [5, 5.41) is 0. The van der Waals surface area contributed by atoms with E-state index < -0.39 is 0 Å². The van der Waals surface area contributed by atoms with Gasteiger partial charge in [0.05, 0.1) is 32.8 Å². The molecule has 0 bridgehead atoms. The molecule has 2 fully saturated rings. The van der Waals surface area contributed by atoms with Crippen molar-refractivity contribution in [2.75, 3.05) is 26.7 Å². The van der Waals surface area contributed by atoms with Crippen LogP contribution < -0.4 is 0 Å². The Kier molecular flexibility index (Phi) is 4.88. The molecule has 0 spiro atoms. The first kappa shape index (κ1) is 14.8. The van der Waals surface area contributed by atoms with Gasteiger partial charge in [0, 0.05) is 18.8 Å². The van der Waals surface area contributed by atoms with Crippen molar-refractivity contribution >= 4 is 5.97 Å². The normalized spacial score (nSPS) is 34.9. The first-order valence-electron chi connectivity index (χ1n) is 8.01. The van der Waals surface area contributed by atoms with Crippen molar-refractivity contribution in [2.45, 2.75) is 58.4 Å². The van der Waals surface area contributed by atoms with Gasteiger partial charge in [-0.05, 0) is 31.6 Å². The zero-order valence-electron chi connectivity index (χ0n) is 12.9. The second kappa shape index (κ2) is 6.25. The molecule has 0 aromatic heterocycles. The maximum Gasteiger partial charge on any atom is 0.306 e. The highest BCUT2D eigenvalue weighted by Gasteiger charge is 2.43. The Labute approximate surface area is 117 Å². The van der Waals surface area contributed by atoms with Gasteiger partial charge in [0.25, 0.3) is 0 Å². The minimum atomic E-state index is -0.00872. The zero-order chi connectivity index (χ0) is 13.9. The summed E-state index contributed by atoms with van der Waals surface area (Å²) in [4.78, 5) is 11.7. The molecule has 3 heteroatoms. The lowest BCUT2D eigenvalue weighted by atomic mass is 9.82. The second-order valence-electron chi connectivity index (χ2n) is 7.17. The third-order valence-electron chi connectivity index (χ3n) is 5.04. The molecular formula is C16H30NO2+. The quantitative estimate of drug-likeness (QED) is 0.579. The summed E-state index contributed by atoms with van der Waals surface area (Å²) in [5.74, 6) is 0.982. The molecule has 19 heavy (non-hydrogen) atoms. The number of piperidine rings is 2. The summed E-state index contributed by atoms with van der Waals surface area (Å²) >= 11 is 0. The summed E-state index contributed by atoms with van der Waals surface area (Å²) in [5.41, 5.74) is 0. The molecule has 0 aromatic rings. The van der Waals surface area contributed by atoms with Crippen LogP contribution in [0.1, 0.15) is 52.4 Å². The van der Waals surface area contributed by atoms with Crippen molar-refractivity contribution in [3.05, 3.63) is 0 Å². The fourth-order valence-electron chi connectivity index (χ4n) is 4.02. The van der Waals surface area contributed by atoms with Crippen LogP contribution in [0.25, 0.3) is 0 Å². The van der Waals surface area contributed by atoms with Crippen LogP contribution in [0.4, 0.5) is 0 Å². The number of carbonyl (C=O) groups is 1. The molecule has 0 radical (unpaired) electrons. The van der Waals surface area contributed by atoms with E-state index in [2.05, 4.69) is 20.9 Å². The molecule has 0 N–H and O–H groups in total. The Hall–Kier alpha value is -0.570. The number of fused-ring (bicyclic) bond motifs is 1. The SMILES string of the molecule is CC(C)CC(=O)OC[C@@H]1CCC[N@+]2(C)CCCC[C@H]12.